The van der Waals surface area contributed by atoms with Crippen molar-refractivity contribution in [3.05, 3.63) is 0 Å². The second-order valence-corrected chi connectivity index (χ2v) is 6.25. The fourth-order valence-electron chi connectivity index (χ4n) is 2.84. The summed E-state index contributed by atoms with van der Waals surface area (Å²) in [5, 5.41) is 9.59. The fraction of sp³-hybridized carbons (Fsp3) is 0.929. The molecule has 18 heavy (non-hydrogen) atoms. The van der Waals surface area contributed by atoms with Crippen LogP contribution in [0.25, 0.3) is 0 Å². The minimum absolute atomic E-state index is 0.574. The molecule has 104 valence electrons. The van der Waals surface area contributed by atoms with Crippen LogP contribution in [0.4, 0.5) is 0 Å². The molecule has 1 N–H and O–H groups in total. The summed E-state index contributed by atoms with van der Waals surface area (Å²) in [6.45, 7) is 7.30. The highest BCUT2D eigenvalue weighted by atomic mass is 16.5. The summed E-state index contributed by atoms with van der Waals surface area (Å²) >= 11 is 0. The molecular formula is C14H25NO3. The van der Waals surface area contributed by atoms with Gasteiger partial charge in [0.2, 0.25) is 0 Å². The molecule has 0 aromatic rings. The lowest BCUT2D eigenvalue weighted by Gasteiger charge is -2.38. The van der Waals surface area contributed by atoms with Gasteiger partial charge in [-0.15, -0.1) is 0 Å². The molecule has 1 saturated heterocycles. The van der Waals surface area contributed by atoms with Crippen molar-refractivity contribution < 1.29 is 14.6 Å². The van der Waals surface area contributed by atoms with Crippen LogP contribution < -0.4 is 0 Å². The van der Waals surface area contributed by atoms with Crippen LogP contribution in [0, 0.1) is 11.3 Å². The first-order valence-electron chi connectivity index (χ1n) is 7.09. The average molecular weight is 255 g/mol. The zero-order valence-corrected chi connectivity index (χ0v) is 11.5. The SMILES string of the molecule is CC(C)CN(CC1(C(=O)O)CCOCC1)C1CC1. The third kappa shape index (κ3) is 3.23. The summed E-state index contributed by atoms with van der Waals surface area (Å²) < 4.78 is 5.33. The highest BCUT2D eigenvalue weighted by Gasteiger charge is 2.44. The number of carboxylic acids is 1. The van der Waals surface area contributed by atoms with E-state index >= 15 is 0 Å². The molecule has 0 radical (unpaired) electrons. The summed E-state index contributed by atoms with van der Waals surface area (Å²) in [7, 11) is 0. The van der Waals surface area contributed by atoms with E-state index in [0.717, 1.165) is 6.54 Å². The maximum Gasteiger partial charge on any atom is 0.311 e. The summed E-state index contributed by atoms with van der Waals surface area (Å²) in [5.74, 6) is -0.0449. The molecule has 0 spiro atoms. The summed E-state index contributed by atoms with van der Waals surface area (Å²) in [6.07, 6.45) is 3.78. The molecule has 0 atom stereocenters. The van der Waals surface area contributed by atoms with Crippen LogP contribution in [0.5, 0.6) is 0 Å². The van der Waals surface area contributed by atoms with Gasteiger partial charge < -0.3 is 9.84 Å². The van der Waals surface area contributed by atoms with Gasteiger partial charge in [-0.05, 0) is 31.6 Å². The molecule has 1 heterocycles. The van der Waals surface area contributed by atoms with Crippen molar-refractivity contribution in [2.75, 3.05) is 26.3 Å². The zero-order valence-electron chi connectivity index (χ0n) is 11.5. The molecule has 0 bridgehead atoms. The number of hydrogen-bond acceptors (Lipinski definition) is 3. The predicted molar refractivity (Wildman–Crippen MR) is 69.6 cm³/mol. The highest BCUT2D eigenvalue weighted by Crippen LogP contribution is 2.36. The van der Waals surface area contributed by atoms with Crippen LogP contribution in [0.2, 0.25) is 0 Å². The normalized spacial score (nSPS) is 23.6. The number of rotatable bonds is 6. The Labute approximate surface area is 109 Å². The van der Waals surface area contributed by atoms with Gasteiger partial charge in [0.05, 0.1) is 5.41 Å². The molecule has 1 saturated carbocycles. The van der Waals surface area contributed by atoms with E-state index in [1.807, 2.05) is 0 Å². The first-order chi connectivity index (χ1) is 8.53. The van der Waals surface area contributed by atoms with Crippen molar-refractivity contribution in [3.8, 4) is 0 Å². The number of aliphatic carboxylic acids is 1. The van der Waals surface area contributed by atoms with Crippen LogP contribution >= 0.6 is 0 Å². The molecule has 0 unspecified atom stereocenters. The van der Waals surface area contributed by atoms with Crippen molar-refractivity contribution >= 4 is 5.97 Å². The van der Waals surface area contributed by atoms with Gasteiger partial charge in [-0.1, -0.05) is 13.8 Å². The number of hydrogen-bond donors (Lipinski definition) is 1. The van der Waals surface area contributed by atoms with Gasteiger partial charge in [0.15, 0.2) is 0 Å². The largest absolute Gasteiger partial charge is 0.481 e. The quantitative estimate of drug-likeness (QED) is 0.788. The van der Waals surface area contributed by atoms with Gasteiger partial charge in [0.1, 0.15) is 0 Å². The molecule has 1 aliphatic carbocycles. The minimum Gasteiger partial charge on any atom is -0.481 e. The van der Waals surface area contributed by atoms with Gasteiger partial charge in [0, 0.05) is 32.3 Å². The minimum atomic E-state index is -0.639. The molecule has 2 aliphatic rings. The molecular weight excluding hydrogens is 230 g/mol. The second kappa shape index (κ2) is 5.57. The van der Waals surface area contributed by atoms with Crippen molar-refractivity contribution in [1.29, 1.82) is 0 Å². The van der Waals surface area contributed by atoms with E-state index in [1.54, 1.807) is 0 Å². The van der Waals surface area contributed by atoms with Crippen LogP contribution in [0.15, 0.2) is 0 Å². The molecule has 4 nitrogen and oxygen atoms in total. The fourth-order valence-corrected chi connectivity index (χ4v) is 2.84. The molecule has 0 aromatic carbocycles. The Bertz CT molecular complexity index is 293. The lowest BCUT2D eigenvalue weighted by molar-refractivity contribution is -0.157. The highest BCUT2D eigenvalue weighted by molar-refractivity contribution is 5.75. The van der Waals surface area contributed by atoms with Gasteiger partial charge in [-0.3, -0.25) is 9.69 Å². The third-order valence-corrected chi connectivity index (χ3v) is 4.07. The topological polar surface area (TPSA) is 49.8 Å². The second-order valence-electron chi connectivity index (χ2n) is 6.25. The van der Waals surface area contributed by atoms with E-state index in [0.29, 0.717) is 44.6 Å². The van der Waals surface area contributed by atoms with E-state index in [1.165, 1.54) is 12.8 Å². The lowest BCUT2D eigenvalue weighted by Crippen LogP contribution is -2.48. The van der Waals surface area contributed by atoms with Gasteiger partial charge in [-0.25, -0.2) is 0 Å². The molecule has 0 amide bonds. The Kier molecular flexibility index (Phi) is 4.28. The maximum absolute atomic E-state index is 11.7. The number of ether oxygens (including phenoxy) is 1. The van der Waals surface area contributed by atoms with Gasteiger partial charge in [-0.2, -0.15) is 0 Å². The van der Waals surface area contributed by atoms with E-state index in [4.69, 9.17) is 4.74 Å². The first kappa shape index (κ1) is 13.8. The monoisotopic (exact) mass is 255 g/mol. The smallest absolute Gasteiger partial charge is 0.311 e. The summed E-state index contributed by atoms with van der Waals surface area (Å²) in [4.78, 5) is 14.1. The van der Waals surface area contributed by atoms with Crippen LogP contribution in [0.1, 0.15) is 39.5 Å². The van der Waals surface area contributed by atoms with Gasteiger partial charge in [0.25, 0.3) is 0 Å². The maximum atomic E-state index is 11.7. The number of carbonyl (C=O) groups is 1. The Morgan fingerprint density at radius 2 is 2.00 bits per heavy atom. The third-order valence-electron chi connectivity index (χ3n) is 4.07. The predicted octanol–water partition coefficient (Wildman–Crippen LogP) is 1.99. The summed E-state index contributed by atoms with van der Waals surface area (Å²) in [6, 6.07) is 0.631. The van der Waals surface area contributed by atoms with Crippen molar-refractivity contribution in [1.82, 2.24) is 4.90 Å². The Morgan fingerprint density at radius 1 is 1.39 bits per heavy atom. The standard InChI is InChI=1S/C14H25NO3/c1-11(2)9-15(12-3-4-12)10-14(13(16)17)5-7-18-8-6-14/h11-12H,3-10H2,1-2H3,(H,16,17). The van der Waals surface area contributed by atoms with Crippen molar-refractivity contribution in [3.63, 3.8) is 0 Å². The van der Waals surface area contributed by atoms with E-state index in [9.17, 15) is 9.90 Å². The van der Waals surface area contributed by atoms with Crippen molar-refractivity contribution in [2.24, 2.45) is 11.3 Å². The average Bonchev–Trinajstić information content (AvgIpc) is 3.12. The number of nitrogens with zero attached hydrogens (tertiary/aromatic N) is 1. The van der Waals surface area contributed by atoms with Crippen LogP contribution in [-0.2, 0) is 9.53 Å². The molecule has 2 rings (SSSR count). The van der Waals surface area contributed by atoms with E-state index < -0.39 is 11.4 Å². The molecule has 0 aromatic heterocycles. The first-order valence-corrected chi connectivity index (χ1v) is 7.09. The Balaban J connectivity index is 2.03. The molecule has 4 heteroatoms. The van der Waals surface area contributed by atoms with Gasteiger partial charge >= 0.3 is 5.97 Å². The Hall–Kier alpha value is -0.610. The molecule has 2 fully saturated rings. The van der Waals surface area contributed by atoms with E-state index in [2.05, 4.69) is 18.7 Å². The molecule has 1 aliphatic heterocycles. The van der Waals surface area contributed by atoms with Crippen molar-refractivity contribution in [2.45, 2.75) is 45.6 Å². The van der Waals surface area contributed by atoms with E-state index in [-0.39, 0.29) is 0 Å². The number of carboxylic acid groups (broad SMARTS) is 1. The lowest BCUT2D eigenvalue weighted by atomic mass is 9.79. The Morgan fingerprint density at radius 3 is 2.44 bits per heavy atom. The van der Waals surface area contributed by atoms with Crippen LogP contribution in [0.3, 0.4) is 0 Å². The summed E-state index contributed by atoms with van der Waals surface area (Å²) in [5.41, 5.74) is -0.574. The van der Waals surface area contributed by atoms with Crippen LogP contribution in [-0.4, -0.2) is 48.3 Å². The zero-order chi connectivity index (χ0) is 13.2.